The number of benzene rings is 1. The number of nitrogens with zero attached hydrogens (tertiary/aromatic N) is 2. The van der Waals surface area contributed by atoms with E-state index in [1.165, 1.54) is 16.2 Å². The van der Waals surface area contributed by atoms with Crippen molar-refractivity contribution in [2.45, 2.75) is 12.2 Å². The summed E-state index contributed by atoms with van der Waals surface area (Å²) in [5.74, 6) is 3.41. The molecule has 0 unspecified atom stereocenters. The lowest BCUT2D eigenvalue weighted by Gasteiger charge is -2.08. The van der Waals surface area contributed by atoms with Crippen molar-refractivity contribution < 1.29 is 4.52 Å². The van der Waals surface area contributed by atoms with Crippen LogP contribution in [0.15, 0.2) is 34.9 Å². The lowest BCUT2D eigenvalue weighted by atomic mass is 10.2. The number of anilines is 1. The fraction of sp³-hybridized carbons (Fsp3) is 0.200. The minimum absolute atomic E-state index is 0.545. The van der Waals surface area contributed by atoms with Crippen molar-refractivity contribution in [3.05, 3.63) is 40.8 Å². The van der Waals surface area contributed by atoms with E-state index in [4.69, 9.17) is 10.3 Å². The Balaban J connectivity index is 1.71. The maximum atomic E-state index is 5.96. The standard InChI is InChI=1S/C15H13N3OS2/c16-11-4-2-1-3-10(11)14-17-15(19-18-14)13-7-9-8-20-6-5-12(9)21-13/h1-4,7H,5-6,8,16H2. The summed E-state index contributed by atoms with van der Waals surface area (Å²) in [6.45, 7) is 0. The van der Waals surface area contributed by atoms with E-state index in [9.17, 15) is 0 Å². The van der Waals surface area contributed by atoms with Crippen molar-refractivity contribution in [2.24, 2.45) is 0 Å². The van der Waals surface area contributed by atoms with Gasteiger partial charge in [-0.15, -0.1) is 11.3 Å². The molecule has 2 aromatic heterocycles. The lowest BCUT2D eigenvalue weighted by molar-refractivity contribution is 0.433. The molecule has 3 aromatic rings. The summed E-state index contributed by atoms with van der Waals surface area (Å²) in [6.07, 6.45) is 1.14. The van der Waals surface area contributed by atoms with Crippen LogP contribution in [0.1, 0.15) is 10.4 Å². The molecule has 0 atom stereocenters. The fourth-order valence-electron chi connectivity index (χ4n) is 2.39. The highest BCUT2D eigenvalue weighted by Gasteiger charge is 2.19. The number of thiophene rings is 1. The van der Waals surface area contributed by atoms with Crippen LogP contribution in [0, 0.1) is 0 Å². The van der Waals surface area contributed by atoms with Crippen LogP contribution >= 0.6 is 23.1 Å². The van der Waals surface area contributed by atoms with Crippen LogP contribution in [0.4, 0.5) is 5.69 Å². The van der Waals surface area contributed by atoms with E-state index in [1.54, 1.807) is 11.3 Å². The number of hydrogen-bond acceptors (Lipinski definition) is 6. The monoisotopic (exact) mass is 315 g/mol. The summed E-state index contributed by atoms with van der Waals surface area (Å²) in [4.78, 5) is 7.00. The van der Waals surface area contributed by atoms with Crippen LogP contribution in [0.3, 0.4) is 0 Å². The molecule has 6 heteroatoms. The molecule has 0 saturated heterocycles. The predicted octanol–water partition coefficient (Wildman–Crippen LogP) is 3.84. The van der Waals surface area contributed by atoms with Gasteiger partial charge in [-0.3, -0.25) is 0 Å². The topological polar surface area (TPSA) is 64.9 Å². The Hall–Kier alpha value is -1.79. The molecule has 0 fully saturated rings. The molecule has 4 nitrogen and oxygen atoms in total. The zero-order valence-corrected chi connectivity index (χ0v) is 12.8. The first-order valence-corrected chi connectivity index (χ1v) is 8.66. The van der Waals surface area contributed by atoms with Gasteiger partial charge in [-0.25, -0.2) is 0 Å². The lowest BCUT2D eigenvalue weighted by Crippen LogP contribution is -1.96. The number of nitrogens with two attached hydrogens (primary N) is 1. The third kappa shape index (κ3) is 2.34. The number of para-hydroxylation sites is 1. The van der Waals surface area contributed by atoms with E-state index in [0.29, 0.717) is 17.4 Å². The van der Waals surface area contributed by atoms with E-state index >= 15 is 0 Å². The van der Waals surface area contributed by atoms with Crippen molar-refractivity contribution in [1.29, 1.82) is 0 Å². The maximum absolute atomic E-state index is 5.96. The average Bonchev–Trinajstić information content (AvgIpc) is 3.14. The number of aromatic nitrogens is 2. The normalized spacial score (nSPS) is 14.1. The Bertz CT molecular complexity index is 770. The Morgan fingerprint density at radius 1 is 1.24 bits per heavy atom. The van der Waals surface area contributed by atoms with Gasteiger partial charge in [-0.1, -0.05) is 17.3 Å². The SMILES string of the molecule is Nc1ccccc1-c1noc(-c2cc3c(s2)CCSC3)n1. The first-order chi connectivity index (χ1) is 10.3. The fourth-order valence-corrected chi connectivity index (χ4v) is 4.68. The van der Waals surface area contributed by atoms with Gasteiger partial charge in [0.25, 0.3) is 5.89 Å². The molecule has 0 saturated carbocycles. The smallest absolute Gasteiger partial charge is 0.268 e. The Morgan fingerprint density at radius 2 is 2.14 bits per heavy atom. The molecule has 2 N–H and O–H groups in total. The average molecular weight is 315 g/mol. The highest BCUT2D eigenvalue weighted by Crippen LogP contribution is 2.37. The molecule has 0 aliphatic carbocycles. The van der Waals surface area contributed by atoms with Crippen LogP contribution in [0.2, 0.25) is 0 Å². The van der Waals surface area contributed by atoms with E-state index in [1.807, 2.05) is 36.0 Å². The predicted molar refractivity (Wildman–Crippen MR) is 87.3 cm³/mol. The van der Waals surface area contributed by atoms with Gasteiger partial charge in [0.1, 0.15) is 0 Å². The molecule has 0 amide bonds. The number of nitrogen functional groups attached to an aromatic ring is 1. The van der Waals surface area contributed by atoms with Crippen molar-refractivity contribution in [3.8, 4) is 22.2 Å². The molecule has 0 radical (unpaired) electrons. The van der Waals surface area contributed by atoms with Crippen molar-refractivity contribution >= 4 is 28.8 Å². The molecule has 3 heterocycles. The highest BCUT2D eigenvalue weighted by atomic mass is 32.2. The van der Waals surface area contributed by atoms with E-state index in [0.717, 1.165) is 22.6 Å². The minimum atomic E-state index is 0.545. The van der Waals surface area contributed by atoms with E-state index in [2.05, 4.69) is 16.2 Å². The van der Waals surface area contributed by atoms with Gasteiger partial charge in [0.05, 0.1) is 4.88 Å². The van der Waals surface area contributed by atoms with Gasteiger partial charge in [0.2, 0.25) is 5.82 Å². The number of fused-ring (bicyclic) bond motifs is 1. The summed E-state index contributed by atoms with van der Waals surface area (Å²) >= 11 is 3.73. The summed E-state index contributed by atoms with van der Waals surface area (Å²) in [5.41, 5.74) is 8.83. The summed E-state index contributed by atoms with van der Waals surface area (Å²) in [7, 11) is 0. The van der Waals surface area contributed by atoms with Gasteiger partial charge in [0, 0.05) is 21.9 Å². The molecule has 0 bridgehead atoms. The molecule has 106 valence electrons. The second kappa shape index (κ2) is 5.20. The molecular formula is C15H13N3OS2. The second-order valence-corrected chi connectivity index (χ2v) is 7.11. The number of thioether (sulfide) groups is 1. The van der Waals surface area contributed by atoms with Gasteiger partial charge >= 0.3 is 0 Å². The Labute approximate surface area is 130 Å². The van der Waals surface area contributed by atoms with Gasteiger partial charge in [0.15, 0.2) is 0 Å². The Morgan fingerprint density at radius 3 is 3.00 bits per heavy atom. The summed E-state index contributed by atoms with van der Waals surface area (Å²) in [5, 5.41) is 4.07. The third-order valence-corrected chi connectivity index (χ3v) is 5.70. The number of aryl methyl sites for hydroxylation is 1. The number of hydrogen-bond donors (Lipinski definition) is 1. The van der Waals surface area contributed by atoms with Gasteiger partial charge in [-0.2, -0.15) is 16.7 Å². The van der Waals surface area contributed by atoms with Crippen molar-refractivity contribution in [3.63, 3.8) is 0 Å². The minimum Gasteiger partial charge on any atom is -0.398 e. The van der Waals surface area contributed by atoms with Gasteiger partial charge < -0.3 is 10.3 Å². The second-order valence-electron chi connectivity index (χ2n) is 4.87. The van der Waals surface area contributed by atoms with Crippen LogP contribution in [0.25, 0.3) is 22.2 Å². The molecule has 21 heavy (non-hydrogen) atoms. The quantitative estimate of drug-likeness (QED) is 0.728. The highest BCUT2D eigenvalue weighted by molar-refractivity contribution is 7.98. The first-order valence-electron chi connectivity index (χ1n) is 6.69. The molecule has 1 aromatic carbocycles. The van der Waals surface area contributed by atoms with Crippen LogP contribution in [-0.4, -0.2) is 15.9 Å². The summed E-state index contributed by atoms with van der Waals surface area (Å²) in [6, 6.07) is 9.73. The first kappa shape index (κ1) is 12.9. The third-order valence-electron chi connectivity index (χ3n) is 3.47. The van der Waals surface area contributed by atoms with Gasteiger partial charge in [-0.05, 0) is 35.9 Å². The zero-order chi connectivity index (χ0) is 14.2. The van der Waals surface area contributed by atoms with Crippen LogP contribution < -0.4 is 5.73 Å². The maximum Gasteiger partial charge on any atom is 0.268 e. The number of rotatable bonds is 2. The summed E-state index contributed by atoms with van der Waals surface area (Å²) < 4.78 is 5.42. The zero-order valence-electron chi connectivity index (χ0n) is 11.2. The van der Waals surface area contributed by atoms with E-state index in [-0.39, 0.29) is 0 Å². The van der Waals surface area contributed by atoms with Crippen LogP contribution in [0.5, 0.6) is 0 Å². The molecule has 1 aliphatic heterocycles. The molecule has 4 rings (SSSR count). The molecule has 0 spiro atoms. The largest absolute Gasteiger partial charge is 0.398 e. The molecular weight excluding hydrogens is 302 g/mol. The van der Waals surface area contributed by atoms with Crippen molar-refractivity contribution in [2.75, 3.05) is 11.5 Å². The Kier molecular flexibility index (Phi) is 3.20. The van der Waals surface area contributed by atoms with E-state index < -0.39 is 0 Å². The van der Waals surface area contributed by atoms with Crippen molar-refractivity contribution in [1.82, 2.24) is 10.1 Å². The molecule has 1 aliphatic rings. The van der Waals surface area contributed by atoms with Crippen LogP contribution in [-0.2, 0) is 12.2 Å².